The lowest BCUT2D eigenvalue weighted by molar-refractivity contribution is -0.117. The summed E-state index contributed by atoms with van der Waals surface area (Å²) in [7, 11) is -3.64. The van der Waals surface area contributed by atoms with E-state index < -0.39 is 33.7 Å². The molecule has 0 aromatic heterocycles. The zero-order valence-corrected chi connectivity index (χ0v) is 20.4. The molecule has 0 spiro atoms. The molecule has 3 aromatic rings. The first-order chi connectivity index (χ1) is 17.3. The Morgan fingerprint density at radius 2 is 1.61 bits per heavy atom. The number of benzene rings is 3. The summed E-state index contributed by atoms with van der Waals surface area (Å²) in [6, 6.07) is 18.3. The van der Waals surface area contributed by atoms with E-state index in [4.69, 9.17) is 0 Å². The fraction of sp³-hybridized carbons (Fsp3) is 0.259. The molecule has 3 aromatic carbocycles. The van der Waals surface area contributed by atoms with Gasteiger partial charge in [-0.3, -0.25) is 9.59 Å². The second kappa shape index (κ2) is 9.83. The molecule has 36 heavy (non-hydrogen) atoms. The molecular formula is C27H26FN3O4S. The molecule has 0 unspecified atom stereocenters. The summed E-state index contributed by atoms with van der Waals surface area (Å²) in [5.41, 5.74) is 1.86. The van der Waals surface area contributed by atoms with Crippen LogP contribution in [0.5, 0.6) is 0 Å². The standard InChI is InChI=1S/C27H26FN3O4S/c28-21-11-14-24-23(17-21)26(19-7-3-1-4-8-19)31(18-25(32)29-24)27(33)20-9-12-22(13-10-20)36(34,35)30-15-5-2-6-16-30/h1,3-4,7-14,17,26H,2,5-6,15-16,18H2,(H,29,32)/t26-/m0/s1. The van der Waals surface area contributed by atoms with Gasteiger partial charge < -0.3 is 10.2 Å². The molecule has 0 bridgehead atoms. The molecule has 2 heterocycles. The van der Waals surface area contributed by atoms with Gasteiger partial charge in [-0.1, -0.05) is 36.8 Å². The van der Waals surface area contributed by atoms with E-state index in [1.807, 2.05) is 30.3 Å². The highest BCUT2D eigenvalue weighted by Crippen LogP contribution is 2.37. The Kier molecular flexibility index (Phi) is 6.59. The van der Waals surface area contributed by atoms with Crippen LogP contribution >= 0.6 is 0 Å². The lowest BCUT2D eigenvalue weighted by atomic mass is 9.95. The Labute approximate surface area is 209 Å². The van der Waals surface area contributed by atoms with Crippen molar-refractivity contribution in [2.75, 3.05) is 25.0 Å². The van der Waals surface area contributed by atoms with Gasteiger partial charge in [0.15, 0.2) is 0 Å². The number of rotatable bonds is 4. The summed E-state index contributed by atoms with van der Waals surface area (Å²) in [5.74, 6) is -1.34. The lowest BCUT2D eigenvalue weighted by Crippen LogP contribution is -2.39. The Hall–Kier alpha value is -3.56. The second-order valence-corrected chi connectivity index (χ2v) is 11.0. The number of nitrogens with one attached hydrogen (secondary N) is 1. The number of sulfonamides is 1. The molecule has 1 N–H and O–H groups in total. The van der Waals surface area contributed by atoms with Gasteiger partial charge in [-0.15, -0.1) is 0 Å². The van der Waals surface area contributed by atoms with E-state index in [1.54, 1.807) is 0 Å². The second-order valence-electron chi connectivity index (χ2n) is 9.02. The molecule has 7 nitrogen and oxygen atoms in total. The number of piperidine rings is 1. The number of carbonyl (C=O) groups is 2. The van der Waals surface area contributed by atoms with Gasteiger partial charge in [-0.2, -0.15) is 4.31 Å². The fourth-order valence-electron chi connectivity index (χ4n) is 4.85. The van der Waals surface area contributed by atoms with Crippen LogP contribution in [0.2, 0.25) is 0 Å². The van der Waals surface area contributed by atoms with E-state index in [2.05, 4.69) is 5.32 Å². The van der Waals surface area contributed by atoms with Crippen LogP contribution in [-0.4, -0.2) is 49.1 Å². The number of halogens is 1. The van der Waals surface area contributed by atoms with Crippen LogP contribution in [0.1, 0.15) is 46.8 Å². The maximum Gasteiger partial charge on any atom is 0.255 e. The first-order valence-corrected chi connectivity index (χ1v) is 13.3. The van der Waals surface area contributed by atoms with Crippen molar-refractivity contribution in [3.8, 4) is 0 Å². The van der Waals surface area contributed by atoms with Gasteiger partial charge in [-0.25, -0.2) is 12.8 Å². The molecule has 1 fully saturated rings. The molecular weight excluding hydrogens is 481 g/mol. The van der Waals surface area contributed by atoms with Gasteiger partial charge in [0.1, 0.15) is 12.4 Å². The summed E-state index contributed by atoms with van der Waals surface area (Å²) in [6.45, 7) is 0.726. The van der Waals surface area contributed by atoms with E-state index in [0.29, 0.717) is 24.3 Å². The lowest BCUT2D eigenvalue weighted by Gasteiger charge is -2.31. The molecule has 0 saturated carbocycles. The Balaban J connectivity index is 1.52. The number of fused-ring (bicyclic) bond motifs is 1. The minimum atomic E-state index is -3.64. The summed E-state index contributed by atoms with van der Waals surface area (Å²) in [5, 5.41) is 2.77. The molecule has 1 atom stereocenters. The van der Waals surface area contributed by atoms with Gasteiger partial charge in [-0.05, 0) is 60.9 Å². The van der Waals surface area contributed by atoms with Crippen molar-refractivity contribution in [2.45, 2.75) is 30.2 Å². The van der Waals surface area contributed by atoms with Crippen molar-refractivity contribution < 1.29 is 22.4 Å². The Bertz CT molecular complexity index is 1390. The zero-order valence-electron chi connectivity index (χ0n) is 19.6. The van der Waals surface area contributed by atoms with E-state index >= 15 is 0 Å². The molecule has 0 radical (unpaired) electrons. The largest absolute Gasteiger partial charge is 0.324 e. The molecule has 5 rings (SSSR count). The van der Waals surface area contributed by atoms with E-state index in [0.717, 1.165) is 24.8 Å². The number of anilines is 1. The SMILES string of the molecule is O=C1CN(C(=O)c2ccc(S(=O)(=O)N3CCCCC3)cc2)[C@@H](c2ccccc2)c2cc(F)ccc2N1. The average molecular weight is 508 g/mol. The van der Waals surface area contributed by atoms with Crippen molar-refractivity contribution in [1.82, 2.24) is 9.21 Å². The smallest absolute Gasteiger partial charge is 0.255 e. The first kappa shape index (κ1) is 24.1. The van der Waals surface area contributed by atoms with Crippen molar-refractivity contribution in [3.05, 3.63) is 95.3 Å². The van der Waals surface area contributed by atoms with Gasteiger partial charge in [0.2, 0.25) is 15.9 Å². The number of amides is 2. The first-order valence-electron chi connectivity index (χ1n) is 11.9. The van der Waals surface area contributed by atoms with Crippen LogP contribution < -0.4 is 5.32 Å². The summed E-state index contributed by atoms with van der Waals surface area (Å²) < 4.78 is 41.8. The van der Waals surface area contributed by atoms with Gasteiger partial charge in [0, 0.05) is 29.9 Å². The Morgan fingerprint density at radius 3 is 2.31 bits per heavy atom. The summed E-state index contributed by atoms with van der Waals surface area (Å²) in [4.78, 5) is 28.0. The number of carbonyl (C=O) groups excluding carboxylic acids is 2. The predicted octanol–water partition coefficient (Wildman–Crippen LogP) is 4.18. The van der Waals surface area contributed by atoms with Gasteiger partial charge in [0.25, 0.3) is 5.91 Å². The highest BCUT2D eigenvalue weighted by Gasteiger charge is 2.34. The van der Waals surface area contributed by atoms with Crippen LogP contribution in [0.25, 0.3) is 0 Å². The summed E-state index contributed by atoms with van der Waals surface area (Å²) in [6.07, 6.45) is 2.67. The van der Waals surface area contributed by atoms with Gasteiger partial charge >= 0.3 is 0 Å². The number of hydrogen-bond acceptors (Lipinski definition) is 4. The summed E-state index contributed by atoms with van der Waals surface area (Å²) >= 11 is 0. The maximum atomic E-state index is 14.3. The number of nitrogens with zero attached hydrogens (tertiary/aromatic N) is 2. The van der Waals surface area contributed by atoms with Crippen LogP contribution in [0.15, 0.2) is 77.7 Å². The topological polar surface area (TPSA) is 86.8 Å². The highest BCUT2D eigenvalue weighted by molar-refractivity contribution is 7.89. The van der Waals surface area contributed by atoms with Crippen molar-refractivity contribution in [2.24, 2.45) is 0 Å². The van der Waals surface area contributed by atoms with E-state index in [-0.39, 0.29) is 17.0 Å². The molecule has 9 heteroatoms. The van der Waals surface area contributed by atoms with Crippen LogP contribution in [0.4, 0.5) is 10.1 Å². The molecule has 2 amide bonds. The highest BCUT2D eigenvalue weighted by atomic mass is 32.2. The van der Waals surface area contributed by atoms with Gasteiger partial charge in [0.05, 0.1) is 10.9 Å². The van der Waals surface area contributed by atoms with Crippen molar-refractivity contribution in [1.29, 1.82) is 0 Å². The Morgan fingerprint density at radius 1 is 0.917 bits per heavy atom. The molecule has 0 aliphatic carbocycles. The monoisotopic (exact) mass is 507 g/mol. The van der Waals surface area contributed by atoms with Crippen LogP contribution in [-0.2, 0) is 14.8 Å². The zero-order chi connectivity index (χ0) is 25.3. The predicted molar refractivity (Wildman–Crippen MR) is 133 cm³/mol. The third-order valence-electron chi connectivity index (χ3n) is 6.64. The molecule has 2 aliphatic heterocycles. The fourth-order valence-corrected chi connectivity index (χ4v) is 6.37. The maximum absolute atomic E-state index is 14.3. The third kappa shape index (κ3) is 4.64. The third-order valence-corrected chi connectivity index (χ3v) is 8.55. The number of hydrogen-bond donors (Lipinski definition) is 1. The van der Waals surface area contributed by atoms with E-state index in [1.165, 1.54) is 51.7 Å². The average Bonchev–Trinajstić information content (AvgIpc) is 3.05. The van der Waals surface area contributed by atoms with E-state index in [9.17, 15) is 22.4 Å². The molecule has 186 valence electrons. The normalized spacial score (nSPS) is 18.8. The van der Waals surface area contributed by atoms with Crippen LogP contribution in [0.3, 0.4) is 0 Å². The minimum absolute atomic E-state index is 0.126. The van der Waals surface area contributed by atoms with Crippen molar-refractivity contribution >= 4 is 27.5 Å². The minimum Gasteiger partial charge on any atom is -0.324 e. The molecule has 2 aliphatic rings. The van der Waals surface area contributed by atoms with Crippen molar-refractivity contribution in [3.63, 3.8) is 0 Å². The quantitative estimate of drug-likeness (QED) is 0.574. The molecule has 1 saturated heterocycles. The van der Waals surface area contributed by atoms with Crippen LogP contribution in [0, 0.1) is 5.82 Å².